The van der Waals surface area contributed by atoms with Gasteiger partial charge in [0.1, 0.15) is 6.04 Å². The standard InChI is InChI=1S/C12H21NO3/c1-8-4-3-5-10(6-8)7-11(14)13-9(2)12(15)16/h8-10H,3-7H2,1-2H3,(H,13,14)(H,15,16)/t8?,9-,10?/m1/s1. The first-order valence-corrected chi connectivity index (χ1v) is 6.01. The molecule has 0 bridgehead atoms. The van der Waals surface area contributed by atoms with Crippen LogP contribution in [0, 0.1) is 11.8 Å². The van der Waals surface area contributed by atoms with Gasteiger partial charge in [-0.25, -0.2) is 0 Å². The Labute approximate surface area is 96.4 Å². The molecule has 4 nitrogen and oxygen atoms in total. The van der Waals surface area contributed by atoms with Gasteiger partial charge >= 0.3 is 5.97 Å². The van der Waals surface area contributed by atoms with Crippen molar-refractivity contribution in [2.45, 2.75) is 52.0 Å². The summed E-state index contributed by atoms with van der Waals surface area (Å²) in [5.74, 6) is 0.0209. The molecule has 1 saturated carbocycles. The first-order chi connectivity index (χ1) is 7.49. The third-order valence-electron chi connectivity index (χ3n) is 3.27. The zero-order chi connectivity index (χ0) is 12.1. The van der Waals surface area contributed by atoms with Gasteiger partial charge in [-0.15, -0.1) is 0 Å². The van der Waals surface area contributed by atoms with Crippen molar-refractivity contribution >= 4 is 11.9 Å². The Balaban J connectivity index is 2.30. The van der Waals surface area contributed by atoms with E-state index in [1.165, 1.54) is 19.8 Å². The van der Waals surface area contributed by atoms with E-state index in [1.54, 1.807) is 0 Å². The minimum atomic E-state index is -0.981. The third kappa shape index (κ3) is 4.21. The Hall–Kier alpha value is -1.06. The monoisotopic (exact) mass is 227 g/mol. The molecule has 2 unspecified atom stereocenters. The maximum atomic E-state index is 11.6. The number of carbonyl (C=O) groups excluding carboxylic acids is 1. The van der Waals surface area contributed by atoms with E-state index in [1.807, 2.05) is 0 Å². The Bertz CT molecular complexity index is 265. The molecule has 0 spiro atoms. The molecule has 92 valence electrons. The maximum absolute atomic E-state index is 11.6. The Morgan fingerprint density at radius 2 is 2.12 bits per heavy atom. The molecule has 1 amide bonds. The van der Waals surface area contributed by atoms with Crippen molar-refractivity contribution in [2.75, 3.05) is 0 Å². The number of carbonyl (C=O) groups is 2. The number of amides is 1. The molecule has 1 fully saturated rings. The van der Waals surface area contributed by atoms with E-state index in [9.17, 15) is 9.59 Å². The first kappa shape index (κ1) is 13.0. The van der Waals surface area contributed by atoms with E-state index in [2.05, 4.69) is 12.2 Å². The highest BCUT2D eigenvalue weighted by molar-refractivity contribution is 5.83. The van der Waals surface area contributed by atoms with Crippen LogP contribution in [-0.4, -0.2) is 23.0 Å². The smallest absolute Gasteiger partial charge is 0.325 e. The van der Waals surface area contributed by atoms with Crippen molar-refractivity contribution in [1.29, 1.82) is 0 Å². The average molecular weight is 227 g/mol. The number of nitrogens with one attached hydrogen (secondary N) is 1. The summed E-state index contributed by atoms with van der Waals surface area (Å²) in [5.41, 5.74) is 0. The lowest BCUT2D eigenvalue weighted by atomic mass is 9.81. The third-order valence-corrected chi connectivity index (χ3v) is 3.27. The predicted molar refractivity (Wildman–Crippen MR) is 61.0 cm³/mol. The summed E-state index contributed by atoms with van der Waals surface area (Å²) in [5, 5.41) is 11.2. The second-order valence-electron chi connectivity index (χ2n) is 4.97. The van der Waals surface area contributed by atoms with Gasteiger partial charge in [0.25, 0.3) is 0 Å². The van der Waals surface area contributed by atoms with Crippen molar-refractivity contribution in [3.63, 3.8) is 0 Å². The van der Waals surface area contributed by atoms with Crippen LogP contribution in [0.4, 0.5) is 0 Å². The lowest BCUT2D eigenvalue weighted by Gasteiger charge is -2.26. The van der Waals surface area contributed by atoms with Crippen LogP contribution in [0.15, 0.2) is 0 Å². The van der Waals surface area contributed by atoms with Crippen LogP contribution in [-0.2, 0) is 9.59 Å². The van der Waals surface area contributed by atoms with Crippen LogP contribution in [0.2, 0.25) is 0 Å². The number of carboxylic acids is 1. The molecule has 0 aromatic carbocycles. The molecule has 3 atom stereocenters. The second-order valence-corrected chi connectivity index (χ2v) is 4.97. The molecule has 0 saturated heterocycles. The number of rotatable bonds is 4. The van der Waals surface area contributed by atoms with Gasteiger partial charge < -0.3 is 10.4 Å². The summed E-state index contributed by atoms with van der Waals surface area (Å²) >= 11 is 0. The van der Waals surface area contributed by atoms with Crippen molar-refractivity contribution < 1.29 is 14.7 Å². The quantitative estimate of drug-likeness (QED) is 0.769. The summed E-state index contributed by atoms with van der Waals surface area (Å²) in [6.07, 6.45) is 5.10. The first-order valence-electron chi connectivity index (χ1n) is 6.01. The lowest BCUT2D eigenvalue weighted by Crippen LogP contribution is -2.39. The van der Waals surface area contributed by atoms with Gasteiger partial charge in [0.15, 0.2) is 0 Å². The fraction of sp³-hybridized carbons (Fsp3) is 0.833. The molecule has 0 aromatic heterocycles. The van der Waals surface area contributed by atoms with E-state index >= 15 is 0 Å². The van der Waals surface area contributed by atoms with E-state index in [-0.39, 0.29) is 5.91 Å². The molecular weight excluding hydrogens is 206 g/mol. The summed E-state index contributed by atoms with van der Waals surface area (Å²) in [6, 6.07) is -0.784. The number of carboxylic acid groups (broad SMARTS) is 1. The molecule has 1 aliphatic carbocycles. The van der Waals surface area contributed by atoms with E-state index in [0.29, 0.717) is 18.3 Å². The van der Waals surface area contributed by atoms with Crippen LogP contribution in [0.3, 0.4) is 0 Å². The van der Waals surface area contributed by atoms with Crippen molar-refractivity contribution in [1.82, 2.24) is 5.32 Å². The highest BCUT2D eigenvalue weighted by atomic mass is 16.4. The van der Waals surface area contributed by atoms with Crippen molar-refractivity contribution in [3.05, 3.63) is 0 Å². The summed E-state index contributed by atoms with van der Waals surface area (Å²) in [4.78, 5) is 22.1. The highest BCUT2D eigenvalue weighted by Crippen LogP contribution is 2.30. The summed E-state index contributed by atoms with van der Waals surface area (Å²) in [7, 11) is 0. The van der Waals surface area contributed by atoms with Crippen LogP contribution in [0.1, 0.15) is 46.0 Å². The number of aliphatic carboxylic acids is 1. The minimum Gasteiger partial charge on any atom is -0.480 e. The van der Waals surface area contributed by atoms with E-state index in [4.69, 9.17) is 5.11 Å². The molecule has 1 aliphatic rings. The molecule has 2 N–H and O–H groups in total. The number of hydrogen-bond donors (Lipinski definition) is 2. The van der Waals surface area contributed by atoms with Crippen LogP contribution >= 0.6 is 0 Å². The topological polar surface area (TPSA) is 66.4 Å². The van der Waals surface area contributed by atoms with Gasteiger partial charge in [0.2, 0.25) is 5.91 Å². The molecule has 1 rings (SSSR count). The van der Waals surface area contributed by atoms with Gasteiger partial charge in [0, 0.05) is 6.42 Å². The maximum Gasteiger partial charge on any atom is 0.325 e. The number of hydrogen-bond acceptors (Lipinski definition) is 2. The minimum absolute atomic E-state index is 0.131. The lowest BCUT2D eigenvalue weighted by molar-refractivity contribution is -0.141. The molecular formula is C12H21NO3. The Morgan fingerprint density at radius 3 is 2.69 bits per heavy atom. The predicted octanol–water partition coefficient (Wildman–Crippen LogP) is 1.79. The van der Waals surface area contributed by atoms with Crippen molar-refractivity contribution in [2.24, 2.45) is 11.8 Å². The Morgan fingerprint density at radius 1 is 1.44 bits per heavy atom. The largest absolute Gasteiger partial charge is 0.480 e. The molecule has 0 heterocycles. The second kappa shape index (κ2) is 5.87. The van der Waals surface area contributed by atoms with E-state index < -0.39 is 12.0 Å². The Kier molecular flexibility index (Phi) is 4.77. The SMILES string of the molecule is CC1CCCC(CC(=O)N[C@H](C)C(=O)O)C1. The fourth-order valence-corrected chi connectivity index (χ4v) is 2.37. The van der Waals surface area contributed by atoms with Crippen LogP contribution in [0.5, 0.6) is 0 Å². The molecule has 4 heteroatoms. The van der Waals surface area contributed by atoms with Gasteiger partial charge in [-0.05, 0) is 31.6 Å². The summed E-state index contributed by atoms with van der Waals surface area (Å²) in [6.45, 7) is 3.70. The fourth-order valence-electron chi connectivity index (χ4n) is 2.37. The van der Waals surface area contributed by atoms with Gasteiger partial charge in [-0.2, -0.15) is 0 Å². The van der Waals surface area contributed by atoms with Crippen LogP contribution in [0.25, 0.3) is 0 Å². The van der Waals surface area contributed by atoms with Crippen molar-refractivity contribution in [3.8, 4) is 0 Å². The molecule has 16 heavy (non-hydrogen) atoms. The molecule has 0 aliphatic heterocycles. The highest BCUT2D eigenvalue weighted by Gasteiger charge is 2.22. The zero-order valence-corrected chi connectivity index (χ0v) is 10.0. The zero-order valence-electron chi connectivity index (χ0n) is 10.0. The van der Waals surface area contributed by atoms with Gasteiger partial charge in [-0.1, -0.05) is 19.8 Å². The van der Waals surface area contributed by atoms with Gasteiger partial charge in [-0.3, -0.25) is 9.59 Å². The normalized spacial score (nSPS) is 27.1. The summed E-state index contributed by atoms with van der Waals surface area (Å²) < 4.78 is 0. The van der Waals surface area contributed by atoms with Crippen LogP contribution < -0.4 is 5.32 Å². The molecule has 0 radical (unpaired) electrons. The molecule has 0 aromatic rings. The van der Waals surface area contributed by atoms with Gasteiger partial charge in [0.05, 0.1) is 0 Å². The average Bonchev–Trinajstić information content (AvgIpc) is 2.16. The van der Waals surface area contributed by atoms with E-state index in [0.717, 1.165) is 12.8 Å².